The van der Waals surface area contributed by atoms with Crippen molar-refractivity contribution in [2.24, 2.45) is 0 Å². The number of methoxy groups -OCH3 is 4. The summed E-state index contributed by atoms with van der Waals surface area (Å²) in [6, 6.07) is 10.2. The number of nitrogens with one attached hydrogen (secondary N) is 2. The number of ether oxygens (including phenoxy) is 4. The average Bonchev–Trinajstić information content (AvgIpc) is 3.63. The maximum absolute atomic E-state index is 13.0. The van der Waals surface area contributed by atoms with Crippen LogP contribution in [0.1, 0.15) is 16.2 Å². The van der Waals surface area contributed by atoms with E-state index in [0.29, 0.717) is 50.4 Å². The molecular formula is C25H26N6O6S2. The number of anilines is 1. The number of hydrogen-bond donors (Lipinski definition) is 2. The maximum Gasteiger partial charge on any atom is 0.251 e. The number of hydrogen-bond acceptors (Lipinski definition) is 11. The van der Waals surface area contributed by atoms with E-state index in [4.69, 9.17) is 18.9 Å². The van der Waals surface area contributed by atoms with E-state index in [2.05, 4.69) is 25.8 Å². The number of thioether (sulfide) groups is 1. The van der Waals surface area contributed by atoms with Crippen molar-refractivity contribution in [3.8, 4) is 28.7 Å². The van der Waals surface area contributed by atoms with Gasteiger partial charge in [-0.2, -0.15) is 0 Å². The summed E-state index contributed by atoms with van der Waals surface area (Å²) in [5, 5.41) is 16.9. The summed E-state index contributed by atoms with van der Waals surface area (Å²) in [5.41, 5.74) is 0.932. The highest BCUT2D eigenvalue weighted by Crippen LogP contribution is 2.32. The van der Waals surface area contributed by atoms with Gasteiger partial charge in [0.2, 0.25) is 5.91 Å². The number of carbonyl (C=O) groups excluding carboxylic acids is 2. The summed E-state index contributed by atoms with van der Waals surface area (Å²) in [7, 11) is 6.12. The quantitative estimate of drug-likeness (QED) is 0.244. The third-order valence-corrected chi connectivity index (χ3v) is 6.98. The van der Waals surface area contributed by atoms with Crippen molar-refractivity contribution in [3.05, 3.63) is 59.4 Å². The van der Waals surface area contributed by atoms with Gasteiger partial charge in [0, 0.05) is 29.3 Å². The molecule has 0 unspecified atom stereocenters. The summed E-state index contributed by atoms with van der Waals surface area (Å²) in [6.07, 6.45) is 1.61. The Bertz CT molecular complexity index is 1420. The highest BCUT2D eigenvalue weighted by Gasteiger charge is 2.21. The first-order valence-electron chi connectivity index (χ1n) is 11.5. The number of amides is 2. The minimum Gasteiger partial charge on any atom is -0.497 e. The molecule has 2 aromatic heterocycles. The van der Waals surface area contributed by atoms with E-state index >= 15 is 0 Å². The van der Waals surface area contributed by atoms with Gasteiger partial charge in [-0.3, -0.25) is 14.2 Å². The van der Waals surface area contributed by atoms with Gasteiger partial charge in [0.1, 0.15) is 23.0 Å². The Kier molecular flexibility index (Phi) is 9.22. The Morgan fingerprint density at radius 2 is 1.69 bits per heavy atom. The van der Waals surface area contributed by atoms with Gasteiger partial charge in [-0.05, 0) is 24.3 Å². The van der Waals surface area contributed by atoms with Crippen LogP contribution in [-0.4, -0.2) is 65.8 Å². The largest absolute Gasteiger partial charge is 0.497 e. The normalized spacial score (nSPS) is 10.6. The summed E-state index contributed by atoms with van der Waals surface area (Å²) < 4.78 is 23.2. The summed E-state index contributed by atoms with van der Waals surface area (Å²) in [5.74, 6) is 1.93. The molecule has 0 bridgehead atoms. The van der Waals surface area contributed by atoms with E-state index < -0.39 is 0 Å². The molecule has 0 atom stereocenters. The molecule has 2 aromatic carbocycles. The zero-order valence-corrected chi connectivity index (χ0v) is 23.2. The van der Waals surface area contributed by atoms with E-state index in [9.17, 15) is 9.59 Å². The molecule has 0 spiro atoms. The molecule has 4 rings (SSSR count). The zero-order chi connectivity index (χ0) is 27.8. The van der Waals surface area contributed by atoms with Gasteiger partial charge >= 0.3 is 0 Å². The molecule has 0 fully saturated rings. The fourth-order valence-electron chi connectivity index (χ4n) is 3.49. The van der Waals surface area contributed by atoms with E-state index in [-0.39, 0.29) is 24.1 Å². The second-order valence-electron chi connectivity index (χ2n) is 7.73. The maximum atomic E-state index is 13.0. The number of aromatic nitrogens is 4. The minimum absolute atomic E-state index is 0.0254. The lowest BCUT2D eigenvalue weighted by molar-refractivity contribution is -0.113. The highest BCUT2D eigenvalue weighted by molar-refractivity contribution is 7.99. The third-order valence-electron chi connectivity index (χ3n) is 5.36. The van der Waals surface area contributed by atoms with E-state index in [1.807, 2.05) is 0 Å². The number of benzene rings is 2. The van der Waals surface area contributed by atoms with Crippen LogP contribution in [0.15, 0.2) is 53.1 Å². The average molecular weight is 571 g/mol. The molecule has 0 aliphatic rings. The number of carbonyl (C=O) groups is 2. The molecule has 0 aliphatic heterocycles. The predicted octanol–water partition coefficient (Wildman–Crippen LogP) is 3.42. The number of nitrogens with zero attached hydrogens (tertiary/aromatic N) is 4. The molecule has 12 nitrogen and oxygen atoms in total. The first-order valence-corrected chi connectivity index (χ1v) is 13.3. The Morgan fingerprint density at radius 3 is 2.33 bits per heavy atom. The van der Waals surface area contributed by atoms with Crippen molar-refractivity contribution < 1.29 is 28.5 Å². The second-order valence-corrected chi connectivity index (χ2v) is 9.57. The van der Waals surface area contributed by atoms with Gasteiger partial charge in [-0.15, -0.1) is 21.5 Å². The fourth-order valence-corrected chi connectivity index (χ4v) is 4.80. The van der Waals surface area contributed by atoms with Crippen molar-refractivity contribution >= 4 is 40.0 Å². The van der Waals surface area contributed by atoms with Crippen molar-refractivity contribution in [3.63, 3.8) is 0 Å². The SMILES string of the molecule is COc1cc(OC)cc(C(=O)NCc2nnc(SCC(=O)Nc3nccs3)n2-c2cc(OC)ccc2OC)c1. The molecule has 2 amide bonds. The second kappa shape index (κ2) is 13.0. The molecule has 39 heavy (non-hydrogen) atoms. The molecule has 4 aromatic rings. The van der Waals surface area contributed by atoms with Crippen molar-refractivity contribution in [1.29, 1.82) is 0 Å². The van der Waals surface area contributed by atoms with Gasteiger partial charge in [-0.1, -0.05) is 11.8 Å². The smallest absolute Gasteiger partial charge is 0.251 e. The summed E-state index contributed by atoms with van der Waals surface area (Å²) >= 11 is 2.50. The lowest BCUT2D eigenvalue weighted by Crippen LogP contribution is -2.25. The number of rotatable bonds is 12. The first-order chi connectivity index (χ1) is 18.9. The number of thiazole rings is 1. The Labute approximate surface area is 232 Å². The summed E-state index contributed by atoms with van der Waals surface area (Å²) in [4.78, 5) is 29.6. The van der Waals surface area contributed by atoms with E-state index in [0.717, 1.165) is 0 Å². The highest BCUT2D eigenvalue weighted by atomic mass is 32.2. The molecule has 0 saturated carbocycles. The molecule has 14 heteroatoms. The van der Waals surface area contributed by atoms with Crippen LogP contribution in [0.25, 0.3) is 5.69 Å². The fraction of sp³-hybridized carbons (Fsp3) is 0.240. The Hall–Kier alpha value is -4.30. The molecule has 0 aliphatic carbocycles. The van der Waals surface area contributed by atoms with Crippen LogP contribution >= 0.6 is 23.1 Å². The molecule has 0 saturated heterocycles. The van der Waals surface area contributed by atoms with Crippen LogP contribution in [0.3, 0.4) is 0 Å². The minimum atomic E-state index is -0.364. The van der Waals surface area contributed by atoms with Crippen molar-refractivity contribution in [1.82, 2.24) is 25.1 Å². The van der Waals surface area contributed by atoms with Gasteiger partial charge in [0.25, 0.3) is 5.91 Å². The van der Waals surface area contributed by atoms with E-state index in [1.165, 1.54) is 37.3 Å². The topological polar surface area (TPSA) is 139 Å². The van der Waals surface area contributed by atoms with Crippen LogP contribution in [0.5, 0.6) is 23.0 Å². The molecule has 2 heterocycles. The summed E-state index contributed by atoms with van der Waals surface area (Å²) in [6.45, 7) is 0.0254. The van der Waals surface area contributed by atoms with Crippen molar-refractivity contribution in [2.45, 2.75) is 11.7 Å². The molecule has 204 valence electrons. The van der Waals surface area contributed by atoms with Crippen LogP contribution in [0, 0.1) is 0 Å². The van der Waals surface area contributed by atoms with Gasteiger partial charge in [0.05, 0.1) is 46.4 Å². The molecular weight excluding hydrogens is 544 g/mol. The lowest BCUT2D eigenvalue weighted by Gasteiger charge is -2.15. The standard InChI is InChI=1S/C25H26N6O6S2/c1-34-16-5-6-20(37-4)19(12-16)31-21(13-27-23(33)15-9-17(35-2)11-18(10-15)36-3)29-30-25(31)39-14-22(32)28-24-26-7-8-38-24/h5-12H,13-14H2,1-4H3,(H,27,33)(H,26,28,32). The lowest BCUT2D eigenvalue weighted by atomic mass is 10.2. The monoisotopic (exact) mass is 570 g/mol. The van der Waals surface area contributed by atoms with Crippen LogP contribution in [0.4, 0.5) is 5.13 Å². The van der Waals surface area contributed by atoms with Crippen LogP contribution in [-0.2, 0) is 11.3 Å². The predicted molar refractivity (Wildman–Crippen MR) is 147 cm³/mol. The van der Waals surface area contributed by atoms with Crippen LogP contribution in [0.2, 0.25) is 0 Å². The first kappa shape index (κ1) is 27.7. The Morgan fingerprint density at radius 1 is 0.949 bits per heavy atom. The zero-order valence-electron chi connectivity index (χ0n) is 21.6. The van der Waals surface area contributed by atoms with Gasteiger partial charge in [0.15, 0.2) is 16.1 Å². The molecule has 0 radical (unpaired) electrons. The van der Waals surface area contributed by atoms with Gasteiger partial charge < -0.3 is 29.6 Å². The van der Waals surface area contributed by atoms with E-state index in [1.54, 1.807) is 66.8 Å². The van der Waals surface area contributed by atoms with Crippen LogP contribution < -0.4 is 29.6 Å². The molecule has 2 N–H and O–H groups in total. The van der Waals surface area contributed by atoms with Crippen molar-refractivity contribution in [2.75, 3.05) is 39.5 Å². The Balaban J connectivity index is 1.61. The third kappa shape index (κ3) is 6.78. The van der Waals surface area contributed by atoms with Gasteiger partial charge in [-0.25, -0.2) is 4.98 Å².